The van der Waals surface area contributed by atoms with E-state index < -0.39 is 10.1 Å². The first-order valence-corrected chi connectivity index (χ1v) is 8.11. The van der Waals surface area contributed by atoms with Crippen molar-refractivity contribution in [1.82, 2.24) is 0 Å². The van der Waals surface area contributed by atoms with Crippen LogP contribution in [0.4, 0.5) is 0 Å². The Kier molecular flexibility index (Phi) is 4.45. The minimum atomic E-state index is -3.54. The summed E-state index contributed by atoms with van der Waals surface area (Å²) < 4.78 is 34.3. The fourth-order valence-corrected chi connectivity index (χ4v) is 3.24. The third kappa shape index (κ3) is 3.80. The molecule has 2 aliphatic carbocycles. The van der Waals surface area contributed by atoms with Gasteiger partial charge in [0.25, 0.3) is 10.1 Å². The van der Waals surface area contributed by atoms with Gasteiger partial charge in [0.05, 0.1) is 24.2 Å². The summed E-state index contributed by atoms with van der Waals surface area (Å²) in [5.41, 5.74) is 0. The highest BCUT2D eigenvalue weighted by atomic mass is 32.2. The highest BCUT2D eigenvalue weighted by molar-refractivity contribution is 7.90. The summed E-state index contributed by atoms with van der Waals surface area (Å²) in [6.07, 6.45) is 5.86. The van der Waals surface area contributed by atoms with E-state index in [4.69, 9.17) is 8.92 Å². The van der Waals surface area contributed by atoms with Crippen LogP contribution in [0.25, 0.3) is 0 Å². The quantitative estimate of drug-likeness (QED) is 0.551. The second kappa shape index (κ2) is 5.72. The molecule has 18 heavy (non-hydrogen) atoms. The maximum atomic E-state index is 12.0. The Morgan fingerprint density at radius 3 is 2.56 bits per heavy atom. The molecule has 0 aromatic carbocycles. The molecule has 0 aromatic rings. The van der Waals surface area contributed by atoms with Crippen molar-refractivity contribution in [3.8, 4) is 0 Å². The zero-order valence-electron chi connectivity index (χ0n) is 11.1. The number of hydrogen-bond donors (Lipinski definition) is 0. The molecule has 1 saturated carbocycles. The molecule has 0 aliphatic heterocycles. The van der Waals surface area contributed by atoms with Crippen LogP contribution >= 0.6 is 0 Å². The minimum absolute atomic E-state index is 0.125. The molecule has 0 aromatic heterocycles. The van der Waals surface area contributed by atoms with Crippen LogP contribution in [-0.2, 0) is 19.0 Å². The number of allylic oxidation sites excluding steroid dienone is 2. The van der Waals surface area contributed by atoms with Gasteiger partial charge < -0.3 is 4.74 Å². The van der Waals surface area contributed by atoms with Crippen molar-refractivity contribution in [2.24, 2.45) is 11.8 Å². The zero-order valence-corrected chi connectivity index (χ0v) is 11.9. The van der Waals surface area contributed by atoms with Crippen molar-refractivity contribution in [3.63, 3.8) is 0 Å². The molecule has 2 unspecified atom stereocenters. The zero-order chi connectivity index (χ0) is 13.2. The van der Waals surface area contributed by atoms with E-state index in [9.17, 15) is 8.42 Å². The second-order valence-corrected chi connectivity index (χ2v) is 7.02. The molecule has 5 heteroatoms. The standard InChI is InChI=1S/C13H22O4S/c1-10-3-6-13(9-11(10)2)18(14,15)17-8-7-16-12-4-5-12/h9-12H,3-8H2,1-2H3. The molecule has 0 N–H and O–H groups in total. The van der Waals surface area contributed by atoms with E-state index in [1.54, 1.807) is 0 Å². The summed E-state index contributed by atoms with van der Waals surface area (Å²) in [5, 5.41) is 0. The van der Waals surface area contributed by atoms with Crippen molar-refractivity contribution in [1.29, 1.82) is 0 Å². The smallest absolute Gasteiger partial charge is 0.292 e. The van der Waals surface area contributed by atoms with E-state index in [1.165, 1.54) is 0 Å². The van der Waals surface area contributed by atoms with Crippen molar-refractivity contribution < 1.29 is 17.3 Å². The first-order chi connectivity index (χ1) is 8.49. The molecule has 0 bridgehead atoms. The monoisotopic (exact) mass is 274 g/mol. The largest absolute Gasteiger partial charge is 0.376 e. The Morgan fingerprint density at radius 2 is 1.94 bits per heavy atom. The Labute approximate surface area is 109 Å². The third-order valence-electron chi connectivity index (χ3n) is 3.71. The van der Waals surface area contributed by atoms with E-state index in [0.29, 0.717) is 35.9 Å². The molecule has 1 fully saturated rings. The van der Waals surface area contributed by atoms with Crippen LogP contribution in [0.2, 0.25) is 0 Å². The van der Waals surface area contributed by atoms with Crippen LogP contribution in [0.3, 0.4) is 0 Å². The van der Waals surface area contributed by atoms with Gasteiger partial charge >= 0.3 is 0 Å². The van der Waals surface area contributed by atoms with Gasteiger partial charge in [-0.3, -0.25) is 4.18 Å². The summed E-state index contributed by atoms with van der Waals surface area (Å²) in [4.78, 5) is 0.444. The summed E-state index contributed by atoms with van der Waals surface area (Å²) in [7, 11) is -3.54. The fraction of sp³-hybridized carbons (Fsp3) is 0.846. The first-order valence-electron chi connectivity index (χ1n) is 6.71. The molecular weight excluding hydrogens is 252 g/mol. The molecule has 0 saturated heterocycles. The van der Waals surface area contributed by atoms with Gasteiger partial charge in [0, 0.05) is 0 Å². The van der Waals surface area contributed by atoms with E-state index in [2.05, 4.69) is 13.8 Å². The van der Waals surface area contributed by atoms with E-state index in [0.717, 1.165) is 19.3 Å². The molecule has 0 heterocycles. The minimum Gasteiger partial charge on any atom is -0.376 e. The summed E-state index contributed by atoms with van der Waals surface area (Å²) >= 11 is 0. The average molecular weight is 274 g/mol. The topological polar surface area (TPSA) is 52.6 Å². The van der Waals surface area contributed by atoms with E-state index in [1.807, 2.05) is 6.08 Å². The van der Waals surface area contributed by atoms with Gasteiger partial charge in [-0.25, -0.2) is 0 Å². The van der Waals surface area contributed by atoms with E-state index in [-0.39, 0.29) is 6.61 Å². The van der Waals surface area contributed by atoms with E-state index >= 15 is 0 Å². The molecule has 0 amide bonds. The molecule has 0 radical (unpaired) electrons. The summed E-state index contributed by atoms with van der Waals surface area (Å²) in [6.45, 7) is 4.69. The normalized spacial score (nSPS) is 29.1. The van der Waals surface area contributed by atoms with Crippen LogP contribution in [-0.4, -0.2) is 27.7 Å². The molecule has 104 valence electrons. The van der Waals surface area contributed by atoms with Crippen molar-refractivity contribution in [2.75, 3.05) is 13.2 Å². The van der Waals surface area contributed by atoms with Gasteiger partial charge in [0.1, 0.15) is 0 Å². The lowest BCUT2D eigenvalue weighted by Crippen LogP contribution is -2.19. The predicted octanol–water partition coefficient (Wildman–Crippen LogP) is 2.46. The molecule has 0 spiro atoms. The van der Waals surface area contributed by atoms with Gasteiger partial charge in [-0.2, -0.15) is 8.42 Å². The van der Waals surface area contributed by atoms with Gasteiger partial charge in [0.2, 0.25) is 0 Å². The predicted molar refractivity (Wildman–Crippen MR) is 69.5 cm³/mol. The lowest BCUT2D eigenvalue weighted by molar-refractivity contribution is 0.0902. The average Bonchev–Trinajstić information content (AvgIpc) is 3.12. The number of hydrogen-bond acceptors (Lipinski definition) is 4. The highest BCUT2D eigenvalue weighted by Crippen LogP contribution is 2.31. The Balaban J connectivity index is 1.83. The van der Waals surface area contributed by atoms with Crippen LogP contribution in [0.1, 0.15) is 39.5 Å². The fourth-order valence-electron chi connectivity index (χ4n) is 2.05. The maximum Gasteiger partial charge on any atom is 0.292 e. The molecular formula is C13H22O4S. The number of ether oxygens (including phenoxy) is 1. The Morgan fingerprint density at radius 1 is 1.22 bits per heavy atom. The molecule has 4 nitrogen and oxygen atoms in total. The third-order valence-corrected chi connectivity index (χ3v) is 5.17. The van der Waals surface area contributed by atoms with Crippen LogP contribution < -0.4 is 0 Å². The lowest BCUT2D eigenvalue weighted by Gasteiger charge is -2.24. The van der Waals surface area contributed by atoms with Crippen LogP contribution in [0.15, 0.2) is 11.0 Å². The molecule has 2 atom stereocenters. The van der Waals surface area contributed by atoms with Crippen LogP contribution in [0, 0.1) is 11.8 Å². The molecule has 2 aliphatic rings. The van der Waals surface area contributed by atoms with Crippen molar-refractivity contribution in [3.05, 3.63) is 11.0 Å². The maximum absolute atomic E-state index is 12.0. The SMILES string of the molecule is CC1C=C(S(=O)(=O)OCCOC2CC2)CCC1C. The van der Waals surface area contributed by atoms with Crippen molar-refractivity contribution in [2.45, 2.75) is 45.6 Å². The number of rotatable bonds is 6. The van der Waals surface area contributed by atoms with Crippen LogP contribution in [0.5, 0.6) is 0 Å². The van der Waals surface area contributed by atoms with Gasteiger partial charge in [0.15, 0.2) is 0 Å². The molecule has 2 rings (SSSR count). The Bertz CT molecular complexity index is 409. The summed E-state index contributed by atoms with van der Waals surface area (Å²) in [6, 6.07) is 0. The lowest BCUT2D eigenvalue weighted by atomic mass is 9.87. The van der Waals surface area contributed by atoms with Gasteiger partial charge in [-0.1, -0.05) is 19.9 Å². The van der Waals surface area contributed by atoms with Crippen molar-refractivity contribution >= 4 is 10.1 Å². The summed E-state index contributed by atoms with van der Waals surface area (Å²) in [5.74, 6) is 0.844. The highest BCUT2D eigenvalue weighted by Gasteiger charge is 2.26. The van der Waals surface area contributed by atoms with Gasteiger partial charge in [-0.15, -0.1) is 0 Å². The first kappa shape index (κ1) is 14.0. The second-order valence-electron chi connectivity index (χ2n) is 5.35. The van der Waals surface area contributed by atoms with Gasteiger partial charge in [-0.05, 0) is 37.5 Å². The Hall–Kier alpha value is -0.390.